The molecule has 0 saturated heterocycles. The average molecular weight is 277 g/mol. The zero-order valence-electron chi connectivity index (χ0n) is 10.7. The normalized spacial score (nSPS) is 12.1. The molecule has 0 radical (unpaired) electrons. The van der Waals surface area contributed by atoms with Gasteiger partial charge in [-0.1, -0.05) is 5.16 Å². The number of benzene rings is 1. The van der Waals surface area contributed by atoms with Gasteiger partial charge in [0.15, 0.2) is 5.82 Å². The molecule has 6 heteroatoms. The SMILES string of the molecule is Cc1cc(NC(=O)[C@@H](C)Sc2ccc(N)cc2)no1. The van der Waals surface area contributed by atoms with Crippen LogP contribution in [-0.4, -0.2) is 16.3 Å². The molecule has 0 spiro atoms. The first-order valence-corrected chi connectivity index (χ1v) is 6.69. The third-order valence-corrected chi connectivity index (χ3v) is 3.55. The number of hydrogen-bond donors (Lipinski definition) is 2. The quantitative estimate of drug-likeness (QED) is 0.663. The van der Waals surface area contributed by atoms with Gasteiger partial charge in [-0.25, -0.2) is 0 Å². The summed E-state index contributed by atoms with van der Waals surface area (Å²) >= 11 is 1.46. The molecule has 0 aliphatic carbocycles. The summed E-state index contributed by atoms with van der Waals surface area (Å²) in [4.78, 5) is 12.9. The van der Waals surface area contributed by atoms with Crippen LogP contribution in [0.4, 0.5) is 11.5 Å². The van der Waals surface area contributed by atoms with Gasteiger partial charge >= 0.3 is 0 Å². The molecule has 5 nitrogen and oxygen atoms in total. The monoisotopic (exact) mass is 277 g/mol. The molecular weight excluding hydrogens is 262 g/mol. The van der Waals surface area contributed by atoms with E-state index in [4.69, 9.17) is 10.3 Å². The number of aryl methyl sites for hydroxylation is 1. The first kappa shape index (κ1) is 13.5. The minimum absolute atomic E-state index is 0.116. The molecule has 2 rings (SSSR count). The lowest BCUT2D eigenvalue weighted by Gasteiger charge is -2.10. The molecule has 1 amide bonds. The summed E-state index contributed by atoms with van der Waals surface area (Å²) in [7, 11) is 0. The Bertz CT molecular complexity index is 566. The zero-order chi connectivity index (χ0) is 13.8. The molecule has 1 heterocycles. The molecule has 0 aliphatic rings. The van der Waals surface area contributed by atoms with E-state index >= 15 is 0 Å². The second-order valence-corrected chi connectivity index (χ2v) is 5.56. The van der Waals surface area contributed by atoms with E-state index < -0.39 is 0 Å². The smallest absolute Gasteiger partial charge is 0.238 e. The molecule has 0 bridgehead atoms. The molecule has 0 fully saturated rings. The van der Waals surface area contributed by atoms with Crippen LogP contribution in [0.25, 0.3) is 0 Å². The van der Waals surface area contributed by atoms with Crippen LogP contribution in [0.15, 0.2) is 39.8 Å². The third kappa shape index (κ3) is 3.75. The number of aromatic nitrogens is 1. The van der Waals surface area contributed by atoms with Gasteiger partial charge in [-0.2, -0.15) is 0 Å². The van der Waals surface area contributed by atoms with E-state index in [1.54, 1.807) is 13.0 Å². The number of nitrogens with two attached hydrogens (primary N) is 1. The summed E-state index contributed by atoms with van der Waals surface area (Å²) in [6.07, 6.45) is 0. The van der Waals surface area contributed by atoms with Crippen molar-refractivity contribution < 1.29 is 9.32 Å². The van der Waals surface area contributed by atoms with Crippen molar-refractivity contribution in [1.82, 2.24) is 5.16 Å². The third-order valence-electron chi connectivity index (χ3n) is 2.44. The van der Waals surface area contributed by atoms with Crippen LogP contribution in [0.1, 0.15) is 12.7 Å². The lowest BCUT2D eigenvalue weighted by Crippen LogP contribution is -2.22. The van der Waals surface area contributed by atoms with Crippen molar-refractivity contribution in [2.24, 2.45) is 0 Å². The van der Waals surface area contributed by atoms with Crippen molar-refractivity contribution in [3.63, 3.8) is 0 Å². The van der Waals surface area contributed by atoms with Crippen molar-refractivity contribution in [2.75, 3.05) is 11.1 Å². The molecule has 19 heavy (non-hydrogen) atoms. The van der Waals surface area contributed by atoms with Gasteiger partial charge in [0.2, 0.25) is 5.91 Å². The van der Waals surface area contributed by atoms with Crippen LogP contribution < -0.4 is 11.1 Å². The van der Waals surface area contributed by atoms with E-state index in [9.17, 15) is 4.79 Å². The Labute approximate surface area is 115 Å². The number of nitrogens with one attached hydrogen (secondary N) is 1. The maximum absolute atomic E-state index is 12.0. The standard InChI is InChI=1S/C13H15N3O2S/c1-8-7-12(16-18-8)15-13(17)9(2)19-11-5-3-10(14)4-6-11/h3-7,9H,14H2,1-2H3,(H,15,16,17)/t9-/m1/s1. The minimum atomic E-state index is -0.236. The Morgan fingerprint density at radius 3 is 2.68 bits per heavy atom. The highest BCUT2D eigenvalue weighted by Gasteiger charge is 2.15. The number of anilines is 2. The first-order valence-electron chi connectivity index (χ1n) is 5.81. The average Bonchev–Trinajstić information content (AvgIpc) is 2.77. The number of amides is 1. The molecule has 1 aromatic carbocycles. The Hall–Kier alpha value is -1.95. The number of carbonyl (C=O) groups is 1. The fourth-order valence-corrected chi connectivity index (χ4v) is 2.32. The largest absolute Gasteiger partial charge is 0.399 e. The van der Waals surface area contributed by atoms with E-state index in [1.165, 1.54) is 11.8 Å². The van der Waals surface area contributed by atoms with Gasteiger partial charge in [-0.05, 0) is 38.1 Å². The van der Waals surface area contributed by atoms with Gasteiger partial charge in [0, 0.05) is 16.6 Å². The van der Waals surface area contributed by atoms with Crippen LogP contribution in [0, 0.1) is 6.92 Å². The molecule has 3 N–H and O–H groups in total. The van der Waals surface area contributed by atoms with E-state index in [-0.39, 0.29) is 11.2 Å². The number of thioether (sulfide) groups is 1. The lowest BCUT2D eigenvalue weighted by molar-refractivity contribution is -0.115. The second kappa shape index (κ2) is 5.79. The van der Waals surface area contributed by atoms with Crippen molar-refractivity contribution in [3.05, 3.63) is 36.1 Å². The van der Waals surface area contributed by atoms with E-state index in [0.717, 1.165) is 4.90 Å². The number of carbonyl (C=O) groups excluding carboxylic acids is 1. The second-order valence-electron chi connectivity index (χ2n) is 4.14. The molecule has 0 unspecified atom stereocenters. The highest BCUT2D eigenvalue weighted by Crippen LogP contribution is 2.24. The zero-order valence-corrected chi connectivity index (χ0v) is 11.5. The number of rotatable bonds is 4. The van der Waals surface area contributed by atoms with Gasteiger partial charge < -0.3 is 15.6 Å². The van der Waals surface area contributed by atoms with Crippen LogP contribution in [0.5, 0.6) is 0 Å². The molecule has 2 aromatic rings. The molecule has 0 aliphatic heterocycles. The summed E-state index contributed by atoms with van der Waals surface area (Å²) < 4.78 is 4.89. The molecule has 100 valence electrons. The van der Waals surface area contributed by atoms with Crippen LogP contribution in [0.2, 0.25) is 0 Å². The summed E-state index contributed by atoms with van der Waals surface area (Å²) in [5.74, 6) is 0.983. The van der Waals surface area contributed by atoms with Gasteiger partial charge in [0.25, 0.3) is 0 Å². The molecule has 1 aromatic heterocycles. The maximum atomic E-state index is 12.0. The van der Waals surface area contributed by atoms with E-state index in [2.05, 4.69) is 10.5 Å². The van der Waals surface area contributed by atoms with Crippen LogP contribution >= 0.6 is 11.8 Å². The van der Waals surface area contributed by atoms with Gasteiger partial charge in [-0.15, -0.1) is 11.8 Å². The molecular formula is C13H15N3O2S. The predicted octanol–water partition coefficient (Wildman–Crippen LogP) is 2.68. The first-order chi connectivity index (χ1) is 9.04. The summed E-state index contributed by atoms with van der Waals surface area (Å²) in [5, 5.41) is 6.19. The van der Waals surface area contributed by atoms with Gasteiger partial charge in [-0.3, -0.25) is 4.79 Å². The van der Waals surface area contributed by atoms with Crippen molar-refractivity contribution in [2.45, 2.75) is 24.0 Å². The van der Waals surface area contributed by atoms with E-state index in [1.807, 2.05) is 31.2 Å². The highest BCUT2D eigenvalue weighted by atomic mass is 32.2. The number of nitrogens with zero attached hydrogens (tertiary/aromatic N) is 1. The Morgan fingerprint density at radius 2 is 2.11 bits per heavy atom. The topological polar surface area (TPSA) is 81.2 Å². The van der Waals surface area contributed by atoms with Gasteiger partial charge in [0.1, 0.15) is 5.76 Å². The summed E-state index contributed by atoms with van der Waals surface area (Å²) in [6, 6.07) is 9.09. The minimum Gasteiger partial charge on any atom is -0.399 e. The fraction of sp³-hybridized carbons (Fsp3) is 0.231. The van der Waals surface area contributed by atoms with E-state index in [0.29, 0.717) is 17.3 Å². The Balaban J connectivity index is 1.94. The lowest BCUT2D eigenvalue weighted by atomic mass is 10.3. The summed E-state index contributed by atoms with van der Waals surface area (Å²) in [5.41, 5.74) is 6.32. The maximum Gasteiger partial charge on any atom is 0.238 e. The summed E-state index contributed by atoms with van der Waals surface area (Å²) in [6.45, 7) is 3.61. The predicted molar refractivity (Wildman–Crippen MR) is 76.0 cm³/mol. The fourth-order valence-electron chi connectivity index (χ4n) is 1.46. The van der Waals surface area contributed by atoms with Crippen molar-refractivity contribution in [3.8, 4) is 0 Å². The van der Waals surface area contributed by atoms with Crippen molar-refractivity contribution in [1.29, 1.82) is 0 Å². The van der Waals surface area contributed by atoms with Gasteiger partial charge in [0.05, 0.1) is 5.25 Å². The highest BCUT2D eigenvalue weighted by molar-refractivity contribution is 8.00. The Kier molecular flexibility index (Phi) is 4.11. The number of nitrogen functional groups attached to an aromatic ring is 1. The molecule has 1 atom stereocenters. The Morgan fingerprint density at radius 1 is 1.42 bits per heavy atom. The van der Waals surface area contributed by atoms with Crippen LogP contribution in [0.3, 0.4) is 0 Å². The number of hydrogen-bond acceptors (Lipinski definition) is 5. The van der Waals surface area contributed by atoms with Crippen molar-refractivity contribution >= 4 is 29.2 Å². The molecule has 0 saturated carbocycles. The van der Waals surface area contributed by atoms with Crippen LogP contribution in [-0.2, 0) is 4.79 Å².